The van der Waals surface area contributed by atoms with E-state index in [4.69, 9.17) is 5.73 Å². The van der Waals surface area contributed by atoms with Gasteiger partial charge in [-0.25, -0.2) is 9.97 Å². The summed E-state index contributed by atoms with van der Waals surface area (Å²) in [4.78, 5) is 22.0. The van der Waals surface area contributed by atoms with Crippen molar-refractivity contribution in [3.05, 3.63) is 24.3 Å². The molecule has 1 saturated carbocycles. The minimum absolute atomic E-state index is 0.0542. The van der Waals surface area contributed by atoms with E-state index in [1.807, 2.05) is 4.90 Å². The molecule has 5 heteroatoms. The predicted octanol–water partition coefficient (Wildman–Crippen LogP) is 0.676. The van der Waals surface area contributed by atoms with Gasteiger partial charge in [-0.3, -0.25) is 4.79 Å². The second-order valence-electron chi connectivity index (χ2n) is 5.43. The van der Waals surface area contributed by atoms with Crippen molar-refractivity contribution in [1.29, 1.82) is 0 Å². The van der Waals surface area contributed by atoms with E-state index in [0.717, 1.165) is 32.4 Å². The van der Waals surface area contributed by atoms with Gasteiger partial charge in [-0.15, -0.1) is 0 Å². The fourth-order valence-electron chi connectivity index (χ4n) is 3.23. The molecular formula is C13H18N4O. The van der Waals surface area contributed by atoms with Gasteiger partial charge in [0, 0.05) is 31.5 Å². The zero-order valence-electron chi connectivity index (χ0n) is 10.3. The second kappa shape index (κ2) is 4.65. The Kier molecular flexibility index (Phi) is 2.99. The molecule has 1 saturated heterocycles. The van der Waals surface area contributed by atoms with E-state index in [1.165, 1.54) is 6.33 Å². The minimum Gasteiger partial charge on any atom is -0.338 e. The van der Waals surface area contributed by atoms with Crippen LogP contribution in [0.4, 0.5) is 0 Å². The number of nitrogens with two attached hydrogens (primary N) is 1. The number of likely N-dealkylation sites (tertiary alicyclic amines) is 1. The van der Waals surface area contributed by atoms with Crippen molar-refractivity contribution in [2.24, 2.45) is 17.6 Å². The van der Waals surface area contributed by atoms with E-state index in [2.05, 4.69) is 9.97 Å². The molecule has 2 fully saturated rings. The van der Waals surface area contributed by atoms with Gasteiger partial charge >= 0.3 is 0 Å². The summed E-state index contributed by atoms with van der Waals surface area (Å²) >= 11 is 0. The Morgan fingerprint density at radius 1 is 1.22 bits per heavy atom. The largest absolute Gasteiger partial charge is 0.338 e. The molecule has 5 nitrogen and oxygen atoms in total. The van der Waals surface area contributed by atoms with Gasteiger partial charge in [-0.05, 0) is 31.1 Å². The first-order chi connectivity index (χ1) is 8.74. The van der Waals surface area contributed by atoms with Crippen LogP contribution in [0.2, 0.25) is 0 Å². The van der Waals surface area contributed by atoms with Gasteiger partial charge < -0.3 is 10.6 Å². The van der Waals surface area contributed by atoms with Crippen molar-refractivity contribution in [3.8, 4) is 0 Å². The molecule has 1 aliphatic heterocycles. The lowest BCUT2D eigenvalue weighted by molar-refractivity contribution is 0.0783. The topological polar surface area (TPSA) is 72.1 Å². The van der Waals surface area contributed by atoms with Crippen molar-refractivity contribution in [2.45, 2.75) is 25.3 Å². The fraction of sp³-hybridized carbons (Fsp3) is 0.615. The monoisotopic (exact) mass is 246 g/mol. The third kappa shape index (κ3) is 2.10. The second-order valence-corrected chi connectivity index (χ2v) is 5.43. The molecular weight excluding hydrogens is 228 g/mol. The minimum atomic E-state index is 0.0542. The van der Waals surface area contributed by atoms with Gasteiger partial charge in [0.2, 0.25) is 0 Å². The average molecular weight is 246 g/mol. The molecule has 0 radical (unpaired) electrons. The molecule has 2 heterocycles. The van der Waals surface area contributed by atoms with Crippen LogP contribution in [0.1, 0.15) is 29.6 Å². The maximum atomic E-state index is 12.3. The predicted molar refractivity (Wildman–Crippen MR) is 66.7 cm³/mol. The molecule has 3 rings (SSSR count). The van der Waals surface area contributed by atoms with Crippen molar-refractivity contribution in [2.75, 3.05) is 13.1 Å². The van der Waals surface area contributed by atoms with Gasteiger partial charge in [0.1, 0.15) is 6.33 Å². The standard InChI is InChI=1S/C13H18N4O/c14-12-2-1-9-6-17(7-10(9)3-12)13(18)11-4-15-8-16-5-11/h4-5,8-10,12H,1-3,6-7,14H2/t9-,10+,12?/m1/s1. The van der Waals surface area contributed by atoms with Gasteiger partial charge in [0.25, 0.3) is 5.91 Å². The number of fused-ring (bicyclic) bond motifs is 1. The number of hydrogen-bond acceptors (Lipinski definition) is 4. The van der Waals surface area contributed by atoms with E-state index < -0.39 is 0 Å². The van der Waals surface area contributed by atoms with Crippen LogP contribution in [0.15, 0.2) is 18.7 Å². The van der Waals surface area contributed by atoms with Crippen LogP contribution < -0.4 is 5.73 Å². The summed E-state index contributed by atoms with van der Waals surface area (Å²) in [6.45, 7) is 1.71. The lowest BCUT2D eigenvalue weighted by Gasteiger charge is -2.27. The lowest BCUT2D eigenvalue weighted by Crippen LogP contribution is -2.32. The van der Waals surface area contributed by atoms with Gasteiger partial charge in [-0.1, -0.05) is 0 Å². The number of carbonyl (C=O) groups is 1. The maximum absolute atomic E-state index is 12.3. The molecule has 1 aromatic heterocycles. The Labute approximate surface area is 106 Å². The van der Waals surface area contributed by atoms with Crippen molar-refractivity contribution in [1.82, 2.24) is 14.9 Å². The third-order valence-electron chi connectivity index (χ3n) is 4.18. The fourth-order valence-corrected chi connectivity index (χ4v) is 3.23. The Balaban J connectivity index is 1.70. The highest BCUT2D eigenvalue weighted by atomic mass is 16.2. The molecule has 0 spiro atoms. The molecule has 3 atom stereocenters. The van der Waals surface area contributed by atoms with E-state index in [-0.39, 0.29) is 5.91 Å². The summed E-state index contributed by atoms with van der Waals surface area (Å²) < 4.78 is 0. The molecule has 0 bridgehead atoms. The molecule has 2 N–H and O–H groups in total. The van der Waals surface area contributed by atoms with Crippen LogP contribution in [0.5, 0.6) is 0 Å². The van der Waals surface area contributed by atoms with Gasteiger partial charge in [0.05, 0.1) is 5.56 Å². The number of hydrogen-bond donors (Lipinski definition) is 1. The lowest BCUT2D eigenvalue weighted by atomic mass is 9.79. The first kappa shape index (κ1) is 11.6. The summed E-state index contributed by atoms with van der Waals surface area (Å²) in [6.07, 6.45) is 7.92. The third-order valence-corrected chi connectivity index (χ3v) is 4.18. The highest BCUT2D eigenvalue weighted by Crippen LogP contribution is 2.36. The summed E-state index contributed by atoms with van der Waals surface area (Å²) in [7, 11) is 0. The van der Waals surface area contributed by atoms with Crippen molar-refractivity contribution >= 4 is 5.91 Å². The van der Waals surface area contributed by atoms with Crippen LogP contribution in [0.25, 0.3) is 0 Å². The average Bonchev–Trinajstić information content (AvgIpc) is 2.81. The first-order valence-electron chi connectivity index (χ1n) is 6.54. The SMILES string of the molecule is NC1CC[C@@H]2CN(C(=O)c3cncnc3)C[C@@H]2C1. The van der Waals surface area contributed by atoms with Crippen LogP contribution in [-0.2, 0) is 0 Å². The van der Waals surface area contributed by atoms with Crippen LogP contribution in [0.3, 0.4) is 0 Å². The normalized spacial score (nSPS) is 31.2. The number of rotatable bonds is 1. The molecule has 1 aromatic rings. The molecule has 1 unspecified atom stereocenters. The number of nitrogens with zero attached hydrogens (tertiary/aromatic N) is 3. The zero-order chi connectivity index (χ0) is 12.5. The van der Waals surface area contributed by atoms with Crippen molar-refractivity contribution in [3.63, 3.8) is 0 Å². The number of carbonyl (C=O) groups excluding carboxylic acids is 1. The number of aromatic nitrogens is 2. The Morgan fingerprint density at radius 2 is 1.94 bits per heavy atom. The highest BCUT2D eigenvalue weighted by Gasteiger charge is 2.38. The Hall–Kier alpha value is -1.49. The summed E-state index contributed by atoms with van der Waals surface area (Å²) in [5.74, 6) is 1.28. The smallest absolute Gasteiger partial charge is 0.257 e. The summed E-state index contributed by atoms with van der Waals surface area (Å²) in [6, 6.07) is 0.321. The van der Waals surface area contributed by atoms with E-state index >= 15 is 0 Å². The Bertz CT molecular complexity index is 436. The van der Waals surface area contributed by atoms with Crippen LogP contribution in [-0.4, -0.2) is 39.9 Å². The Morgan fingerprint density at radius 3 is 2.72 bits per heavy atom. The molecule has 18 heavy (non-hydrogen) atoms. The molecule has 0 aromatic carbocycles. The summed E-state index contributed by atoms with van der Waals surface area (Å²) in [5.41, 5.74) is 6.58. The van der Waals surface area contributed by atoms with E-state index in [1.54, 1.807) is 12.4 Å². The molecule has 2 aliphatic rings. The van der Waals surface area contributed by atoms with Crippen molar-refractivity contribution < 1.29 is 4.79 Å². The highest BCUT2D eigenvalue weighted by molar-refractivity contribution is 5.93. The summed E-state index contributed by atoms with van der Waals surface area (Å²) in [5, 5.41) is 0. The van der Waals surface area contributed by atoms with E-state index in [9.17, 15) is 4.79 Å². The molecule has 96 valence electrons. The molecule has 1 amide bonds. The van der Waals surface area contributed by atoms with Gasteiger partial charge in [0.15, 0.2) is 0 Å². The van der Waals surface area contributed by atoms with Crippen LogP contribution >= 0.6 is 0 Å². The van der Waals surface area contributed by atoms with Gasteiger partial charge in [-0.2, -0.15) is 0 Å². The number of amides is 1. The molecule has 1 aliphatic carbocycles. The van der Waals surface area contributed by atoms with Crippen LogP contribution in [0, 0.1) is 11.8 Å². The van der Waals surface area contributed by atoms with E-state index in [0.29, 0.717) is 23.4 Å². The quantitative estimate of drug-likeness (QED) is 0.790. The first-order valence-corrected chi connectivity index (χ1v) is 6.54. The maximum Gasteiger partial charge on any atom is 0.257 e. The zero-order valence-corrected chi connectivity index (χ0v) is 10.3.